The Balaban J connectivity index is 1.94. The Hall–Kier alpha value is -1.20. The van der Waals surface area contributed by atoms with E-state index >= 15 is 0 Å². The van der Waals surface area contributed by atoms with Gasteiger partial charge in [-0.3, -0.25) is 0 Å². The van der Waals surface area contributed by atoms with Crippen molar-refractivity contribution in [3.8, 4) is 0 Å². The van der Waals surface area contributed by atoms with Crippen LogP contribution in [0, 0.1) is 0 Å². The van der Waals surface area contributed by atoms with Crippen LogP contribution in [0.25, 0.3) is 0 Å². The van der Waals surface area contributed by atoms with E-state index in [0.717, 1.165) is 62.0 Å². The molecule has 3 heterocycles. The average Bonchev–Trinajstić information content (AvgIpc) is 2.47. The van der Waals surface area contributed by atoms with Gasteiger partial charge in [0, 0.05) is 38.2 Å². The Labute approximate surface area is 107 Å². The van der Waals surface area contributed by atoms with Gasteiger partial charge in [0.2, 0.25) is 0 Å². The van der Waals surface area contributed by atoms with Crippen LogP contribution in [0.15, 0.2) is 0 Å². The number of aromatic nitrogens is 2. The van der Waals surface area contributed by atoms with Crippen LogP contribution in [0.4, 0.5) is 5.82 Å². The fourth-order valence-corrected chi connectivity index (χ4v) is 2.60. The van der Waals surface area contributed by atoms with Crippen molar-refractivity contribution in [2.45, 2.75) is 31.8 Å². The highest BCUT2D eigenvalue weighted by Gasteiger charge is 2.23. The lowest BCUT2D eigenvalue weighted by molar-refractivity contribution is 0.0830. The van der Waals surface area contributed by atoms with E-state index in [-0.39, 0.29) is 0 Å². The minimum Gasteiger partial charge on any atom is -0.381 e. The minimum atomic E-state index is 0.444. The number of fused-ring (bicyclic) bond motifs is 1. The molecule has 0 amide bonds. The fraction of sp³-hybridized carbons (Fsp3) is 0.692. The van der Waals surface area contributed by atoms with Crippen molar-refractivity contribution in [2.24, 2.45) is 0 Å². The van der Waals surface area contributed by atoms with Gasteiger partial charge in [0.1, 0.15) is 11.6 Å². The molecule has 5 nitrogen and oxygen atoms in total. The van der Waals surface area contributed by atoms with E-state index in [4.69, 9.17) is 14.5 Å². The van der Waals surface area contributed by atoms with Crippen LogP contribution in [0.1, 0.15) is 35.8 Å². The van der Waals surface area contributed by atoms with Crippen molar-refractivity contribution in [1.82, 2.24) is 9.97 Å². The average molecular weight is 249 g/mol. The molecule has 1 saturated heterocycles. The molecule has 5 heteroatoms. The lowest BCUT2D eigenvalue weighted by Gasteiger charge is -2.24. The monoisotopic (exact) mass is 249 g/mol. The van der Waals surface area contributed by atoms with Crippen LogP contribution >= 0.6 is 0 Å². The van der Waals surface area contributed by atoms with E-state index in [0.29, 0.717) is 12.5 Å². The molecule has 0 spiro atoms. The molecular formula is C13H19N3O2. The normalized spacial score (nSPS) is 20.5. The van der Waals surface area contributed by atoms with Crippen molar-refractivity contribution in [1.29, 1.82) is 0 Å². The molecule has 0 radical (unpaired) electrons. The second-order valence-electron chi connectivity index (χ2n) is 4.79. The Morgan fingerprint density at radius 1 is 1.11 bits per heavy atom. The van der Waals surface area contributed by atoms with Crippen molar-refractivity contribution in [2.75, 3.05) is 32.2 Å². The third-order valence-corrected chi connectivity index (χ3v) is 3.66. The molecule has 0 aromatic carbocycles. The number of anilines is 1. The summed E-state index contributed by atoms with van der Waals surface area (Å²) in [6.07, 6.45) is 2.94. The lowest BCUT2D eigenvalue weighted by Crippen LogP contribution is -2.21. The summed E-state index contributed by atoms with van der Waals surface area (Å²) in [5.41, 5.74) is 2.28. The van der Waals surface area contributed by atoms with Crippen molar-refractivity contribution in [3.05, 3.63) is 17.1 Å². The third kappa shape index (κ3) is 2.20. The summed E-state index contributed by atoms with van der Waals surface area (Å²) in [4.78, 5) is 9.43. The summed E-state index contributed by atoms with van der Waals surface area (Å²) in [6, 6.07) is 0. The number of ether oxygens (including phenoxy) is 2. The molecule has 0 bridgehead atoms. The maximum Gasteiger partial charge on any atom is 0.135 e. The highest BCUT2D eigenvalue weighted by Crippen LogP contribution is 2.28. The molecule has 18 heavy (non-hydrogen) atoms. The van der Waals surface area contributed by atoms with Gasteiger partial charge in [0.25, 0.3) is 0 Å². The highest BCUT2D eigenvalue weighted by molar-refractivity contribution is 5.47. The van der Waals surface area contributed by atoms with Crippen LogP contribution < -0.4 is 5.32 Å². The molecule has 3 rings (SSSR count). The number of hydrogen-bond donors (Lipinski definition) is 1. The largest absolute Gasteiger partial charge is 0.381 e. The molecule has 2 aliphatic heterocycles. The van der Waals surface area contributed by atoms with Gasteiger partial charge in [0.15, 0.2) is 0 Å². The second-order valence-corrected chi connectivity index (χ2v) is 4.79. The van der Waals surface area contributed by atoms with E-state index in [2.05, 4.69) is 10.3 Å². The molecule has 0 atom stereocenters. The topological polar surface area (TPSA) is 56.3 Å². The second kappa shape index (κ2) is 5.20. The molecule has 1 aromatic rings. The van der Waals surface area contributed by atoms with E-state index in [9.17, 15) is 0 Å². The minimum absolute atomic E-state index is 0.444. The predicted molar refractivity (Wildman–Crippen MR) is 67.7 cm³/mol. The molecule has 1 N–H and O–H groups in total. The third-order valence-electron chi connectivity index (χ3n) is 3.66. The summed E-state index contributed by atoms with van der Waals surface area (Å²) in [6.45, 7) is 3.03. The smallest absolute Gasteiger partial charge is 0.135 e. The Kier molecular flexibility index (Phi) is 3.43. The Morgan fingerprint density at radius 2 is 1.94 bits per heavy atom. The first kappa shape index (κ1) is 11.9. The van der Waals surface area contributed by atoms with Gasteiger partial charge in [-0.2, -0.15) is 0 Å². The Morgan fingerprint density at radius 3 is 2.72 bits per heavy atom. The maximum absolute atomic E-state index is 5.48. The van der Waals surface area contributed by atoms with Crippen molar-refractivity contribution >= 4 is 5.82 Å². The van der Waals surface area contributed by atoms with Gasteiger partial charge < -0.3 is 14.8 Å². The summed E-state index contributed by atoms with van der Waals surface area (Å²) in [5.74, 6) is 2.35. The quantitative estimate of drug-likeness (QED) is 0.860. The molecule has 1 fully saturated rings. The summed E-state index contributed by atoms with van der Waals surface area (Å²) in [5, 5.41) is 3.17. The number of rotatable bonds is 2. The molecule has 2 aliphatic rings. The zero-order chi connectivity index (χ0) is 12.4. The summed E-state index contributed by atoms with van der Waals surface area (Å²) < 4.78 is 10.9. The number of nitrogens with zero attached hydrogens (tertiary/aromatic N) is 2. The standard InChI is InChI=1S/C13H19N3O2/c1-14-13-10-8-18-7-4-11(10)15-12(16-13)9-2-5-17-6-3-9/h9H,2-8H2,1H3,(H,14,15,16). The first-order valence-electron chi connectivity index (χ1n) is 6.61. The van der Waals surface area contributed by atoms with Gasteiger partial charge >= 0.3 is 0 Å². The van der Waals surface area contributed by atoms with Gasteiger partial charge in [-0.05, 0) is 12.8 Å². The first-order valence-corrected chi connectivity index (χ1v) is 6.61. The zero-order valence-electron chi connectivity index (χ0n) is 10.7. The highest BCUT2D eigenvalue weighted by atomic mass is 16.5. The Bertz CT molecular complexity index is 413. The number of nitrogens with one attached hydrogen (secondary N) is 1. The van der Waals surface area contributed by atoms with E-state index in [1.165, 1.54) is 0 Å². The van der Waals surface area contributed by atoms with Crippen molar-refractivity contribution in [3.63, 3.8) is 0 Å². The lowest BCUT2D eigenvalue weighted by atomic mass is 9.98. The molecule has 0 aliphatic carbocycles. The van der Waals surface area contributed by atoms with E-state index in [1.807, 2.05) is 7.05 Å². The number of hydrogen-bond acceptors (Lipinski definition) is 5. The maximum atomic E-state index is 5.48. The summed E-state index contributed by atoms with van der Waals surface area (Å²) in [7, 11) is 1.91. The SMILES string of the molecule is CNc1nc(C2CCOCC2)nc2c1COCC2. The van der Waals surface area contributed by atoms with Crippen LogP contribution in [-0.4, -0.2) is 36.8 Å². The zero-order valence-corrected chi connectivity index (χ0v) is 10.7. The molecule has 0 saturated carbocycles. The molecule has 1 aromatic heterocycles. The molecule has 98 valence electrons. The van der Waals surface area contributed by atoms with Crippen LogP contribution in [-0.2, 0) is 22.5 Å². The molecule has 0 unspecified atom stereocenters. The van der Waals surface area contributed by atoms with Crippen LogP contribution in [0.2, 0.25) is 0 Å². The van der Waals surface area contributed by atoms with E-state index < -0.39 is 0 Å². The fourth-order valence-electron chi connectivity index (χ4n) is 2.60. The first-order chi connectivity index (χ1) is 8.88. The summed E-state index contributed by atoms with van der Waals surface area (Å²) >= 11 is 0. The van der Waals surface area contributed by atoms with Gasteiger partial charge in [0.05, 0.1) is 18.9 Å². The van der Waals surface area contributed by atoms with Gasteiger partial charge in [-0.1, -0.05) is 0 Å². The van der Waals surface area contributed by atoms with E-state index in [1.54, 1.807) is 0 Å². The van der Waals surface area contributed by atoms with Crippen molar-refractivity contribution < 1.29 is 9.47 Å². The molecular weight excluding hydrogens is 230 g/mol. The van der Waals surface area contributed by atoms with Crippen LogP contribution in [0.5, 0.6) is 0 Å². The predicted octanol–water partition coefficient (Wildman–Crippen LogP) is 1.48. The van der Waals surface area contributed by atoms with Gasteiger partial charge in [-0.15, -0.1) is 0 Å². The van der Waals surface area contributed by atoms with Gasteiger partial charge in [-0.25, -0.2) is 9.97 Å². The van der Waals surface area contributed by atoms with Crippen LogP contribution in [0.3, 0.4) is 0 Å².